The summed E-state index contributed by atoms with van der Waals surface area (Å²) in [5.41, 5.74) is 8.61. The minimum absolute atomic E-state index is 0.0239. The second kappa shape index (κ2) is 9.85. The van der Waals surface area contributed by atoms with Crippen molar-refractivity contribution in [2.75, 3.05) is 5.32 Å². The quantitative estimate of drug-likeness (QED) is 0.591. The molecule has 0 saturated heterocycles. The molecule has 1 aliphatic rings. The summed E-state index contributed by atoms with van der Waals surface area (Å²) in [5, 5.41) is 8.56. The standard InChI is InChI=1S/C21H27N5O2/c22-19-6-2-4-17(19)12-20(27)24-14-16-3-1-5-18(11-16)26-21(28)25-13-15-7-9-23-10-8-15/h1,3,5,7-11,17,19H,2,4,6,12-14,22H2,(H,24,27)(H2,25,26,28)/t17-,19+/m0/s1. The molecule has 1 aromatic carbocycles. The number of aromatic nitrogens is 1. The smallest absolute Gasteiger partial charge is 0.319 e. The fraction of sp³-hybridized carbons (Fsp3) is 0.381. The predicted octanol–water partition coefficient (Wildman–Crippen LogP) is 2.54. The van der Waals surface area contributed by atoms with Gasteiger partial charge in [0.05, 0.1) is 0 Å². The topological polar surface area (TPSA) is 109 Å². The van der Waals surface area contributed by atoms with Crippen LogP contribution in [0.4, 0.5) is 10.5 Å². The maximum absolute atomic E-state index is 12.1. The fourth-order valence-electron chi connectivity index (χ4n) is 3.45. The molecule has 28 heavy (non-hydrogen) atoms. The van der Waals surface area contributed by atoms with Gasteiger partial charge in [-0.1, -0.05) is 18.6 Å². The van der Waals surface area contributed by atoms with Crippen LogP contribution in [0.3, 0.4) is 0 Å². The number of pyridine rings is 1. The van der Waals surface area contributed by atoms with E-state index in [1.165, 1.54) is 0 Å². The number of nitrogens with two attached hydrogens (primary N) is 1. The van der Waals surface area contributed by atoms with E-state index in [4.69, 9.17) is 5.73 Å². The van der Waals surface area contributed by atoms with E-state index in [1.54, 1.807) is 12.4 Å². The number of carbonyl (C=O) groups is 2. The summed E-state index contributed by atoms with van der Waals surface area (Å²) in [4.78, 5) is 28.2. The Morgan fingerprint density at radius 3 is 2.57 bits per heavy atom. The Balaban J connectivity index is 1.44. The average molecular weight is 381 g/mol. The van der Waals surface area contributed by atoms with E-state index < -0.39 is 0 Å². The summed E-state index contributed by atoms with van der Waals surface area (Å²) in [7, 11) is 0. The summed E-state index contributed by atoms with van der Waals surface area (Å²) in [5.74, 6) is 0.313. The van der Waals surface area contributed by atoms with Crippen molar-refractivity contribution in [2.45, 2.75) is 44.8 Å². The van der Waals surface area contributed by atoms with Crippen LogP contribution in [-0.2, 0) is 17.9 Å². The molecule has 3 rings (SSSR count). The number of benzene rings is 1. The molecule has 2 atom stereocenters. The van der Waals surface area contributed by atoms with Gasteiger partial charge in [0.15, 0.2) is 0 Å². The van der Waals surface area contributed by atoms with Crippen molar-refractivity contribution in [2.24, 2.45) is 11.7 Å². The third kappa shape index (κ3) is 6.06. The van der Waals surface area contributed by atoms with Gasteiger partial charge >= 0.3 is 6.03 Å². The van der Waals surface area contributed by atoms with E-state index in [1.807, 2.05) is 36.4 Å². The number of nitrogens with one attached hydrogen (secondary N) is 3. The molecule has 7 nitrogen and oxygen atoms in total. The first-order valence-electron chi connectivity index (χ1n) is 9.65. The van der Waals surface area contributed by atoms with Crippen LogP contribution in [-0.4, -0.2) is 23.0 Å². The third-order valence-electron chi connectivity index (χ3n) is 5.04. The fourth-order valence-corrected chi connectivity index (χ4v) is 3.45. The van der Waals surface area contributed by atoms with Crippen molar-refractivity contribution >= 4 is 17.6 Å². The highest BCUT2D eigenvalue weighted by molar-refractivity contribution is 5.89. The lowest BCUT2D eigenvalue weighted by molar-refractivity contribution is -0.122. The van der Waals surface area contributed by atoms with Gasteiger partial charge in [-0.3, -0.25) is 9.78 Å². The molecule has 5 N–H and O–H groups in total. The van der Waals surface area contributed by atoms with Crippen molar-refractivity contribution in [1.82, 2.24) is 15.6 Å². The Hall–Kier alpha value is -2.93. The summed E-state index contributed by atoms with van der Waals surface area (Å²) >= 11 is 0. The van der Waals surface area contributed by atoms with Crippen LogP contribution in [0.2, 0.25) is 0 Å². The van der Waals surface area contributed by atoms with Crippen LogP contribution < -0.4 is 21.7 Å². The maximum atomic E-state index is 12.1. The first-order valence-corrected chi connectivity index (χ1v) is 9.65. The molecular weight excluding hydrogens is 354 g/mol. The summed E-state index contributed by atoms with van der Waals surface area (Å²) in [6, 6.07) is 11.0. The highest BCUT2D eigenvalue weighted by atomic mass is 16.2. The lowest BCUT2D eigenvalue weighted by Gasteiger charge is -2.15. The SMILES string of the molecule is N[C@@H]1CCC[C@H]1CC(=O)NCc1cccc(NC(=O)NCc2ccncc2)c1. The molecule has 0 radical (unpaired) electrons. The molecule has 1 heterocycles. The van der Waals surface area contributed by atoms with E-state index in [9.17, 15) is 9.59 Å². The van der Waals surface area contributed by atoms with Crippen LogP contribution in [0.15, 0.2) is 48.8 Å². The number of hydrogen-bond acceptors (Lipinski definition) is 4. The average Bonchev–Trinajstić information content (AvgIpc) is 3.10. The molecule has 0 aliphatic heterocycles. The van der Waals surface area contributed by atoms with Crippen molar-refractivity contribution in [3.8, 4) is 0 Å². The predicted molar refractivity (Wildman–Crippen MR) is 108 cm³/mol. The Labute approximate surface area is 165 Å². The zero-order valence-electron chi connectivity index (χ0n) is 15.9. The molecule has 148 valence electrons. The van der Waals surface area contributed by atoms with E-state index >= 15 is 0 Å². The van der Waals surface area contributed by atoms with Crippen molar-refractivity contribution in [1.29, 1.82) is 0 Å². The Kier molecular flexibility index (Phi) is 6.97. The highest BCUT2D eigenvalue weighted by Crippen LogP contribution is 2.26. The van der Waals surface area contributed by atoms with Crippen molar-refractivity contribution in [3.05, 3.63) is 59.9 Å². The molecule has 3 amide bonds. The Bertz CT molecular complexity index is 796. The molecule has 1 saturated carbocycles. The first kappa shape index (κ1) is 19.8. The zero-order valence-corrected chi connectivity index (χ0v) is 15.9. The zero-order chi connectivity index (χ0) is 19.8. The van der Waals surface area contributed by atoms with Crippen LogP contribution in [0.25, 0.3) is 0 Å². The molecule has 2 aromatic rings. The lowest BCUT2D eigenvalue weighted by atomic mass is 10.00. The Morgan fingerprint density at radius 1 is 1.04 bits per heavy atom. The van der Waals surface area contributed by atoms with E-state index in [0.29, 0.717) is 25.2 Å². The van der Waals surface area contributed by atoms with Crippen LogP contribution in [0.5, 0.6) is 0 Å². The van der Waals surface area contributed by atoms with Gasteiger partial charge in [0.2, 0.25) is 5.91 Å². The highest BCUT2D eigenvalue weighted by Gasteiger charge is 2.25. The maximum Gasteiger partial charge on any atom is 0.319 e. The molecule has 0 bridgehead atoms. The second-order valence-electron chi connectivity index (χ2n) is 7.20. The molecular formula is C21H27N5O2. The largest absolute Gasteiger partial charge is 0.352 e. The van der Waals surface area contributed by atoms with Gasteiger partial charge in [-0.15, -0.1) is 0 Å². The second-order valence-corrected chi connectivity index (χ2v) is 7.20. The number of hydrogen-bond donors (Lipinski definition) is 4. The number of urea groups is 1. The monoisotopic (exact) mass is 381 g/mol. The molecule has 1 aromatic heterocycles. The van der Waals surface area contributed by atoms with E-state index in [0.717, 1.165) is 30.4 Å². The molecule has 7 heteroatoms. The normalized spacial score (nSPS) is 18.5. The van der Waals surface area contributed by atoms with E-state index in [-0.39, 0.29) is 23.9 Å². The first-order chi connectivity index (χ1) is 13.6. The Morgan fingerprint density at radius 2 is 1.82 bits per heavy atom. The minimum Gasteiger partial charge on any atom is -0.352 e. The number of nitrogens with zero attached hydrogens (tertiary/aromatic N) is 1. The van der Waals surface area contributed by atoms with Crippen LogP contribution in [0, 0.1) is 5.92 Å². The van der Waals surface area contributed by atoms with Gasteiger partial charge in [-0.25, -0.2) is 4.79 Å². The van der Waals surface area contributed by atoms with Crippen molar-refractivity contribution in [3.63, 3.8) is 0 Å². The summed E-state index contributed by atoms with van der Waals surface area (Å²) < 4.78 is 0. The van der Waals surface area contributed by atoms with Gasteiger partial charge in [0, 0.05) is 43.6 Å². The molecule has 0 unspecified atom stereocenters. The summed E-state index contributed by atoms with van der Waals surface area (Å²) in [6.45, 7) is 0.850. The van der Waals surface area contributed by atoms with Gasteiger partial charge < -0.3 is 21.7 Å². The number of rotatable bonds is 7. The van der Waals surface area contributed by atoms with Crippen LogP contribution >= 0.6 is 0 Å². The van der Waals surface area contributed by atoms with Gasteiger partial charge in [-0.05, 0) is 54.2 Å². The van der Waals surface area contributed by atoms with Gasteiger partial charge in [-0.2, -0.15) is 0 Å². The van der Waals surface area contributed by atoms with Crippen LogP contribution in [0.1, 0.15) is 36.8 Å². The van der Waals surface area contributed by atoms with Gasteiger partial charge in [0.25, 0.3) is 0 Å². The minimum atomic E-state index is -0.284. The van der Waals surface area contributed by atoms with Crippen molar-refractivity contribution < 1.29 is 9.59 Å². The molecule has 1 aliphatic carbocycles. The number of carbonyl (C=O) groups excluding carboxylic acids is 2. The van der Waals surface area contributed by atoms with Gasteiger partial charge in [0.1, 0.15) is 0 Å². The lowest BCUT2D eigenvalue weighted by Crippen LogP contribution is -2.31. The molecule has 0 spiro atoms. The summed E-state index contributed by atoms with van der Waals surface area (Å²) in [6.07, 6.45) is 7.00. The number of amides is 3. The third-order valence-corrected chi connectivity index (χ3v) is 5.04. The number of anilines is 1. The van der Waals surface area contributed by atoms with E-state index in [2.05, 4.69) is 20.9 Å². The molecule has 1 fully saturated rings.